The Morgan fingerprint density at radius 1 is 0.550 bits per heavy atom. The number of pyridine rings is 2. The van der Waals surface area contributed by atoms with Crippen LogP contribution in [0.15, 0.2) is 134 Å². The highest BCUT2D eigenvalue weighted by atomic mass is 32.1. The number of benzene rings is 4. The Balaban J connectivity index is 1.33. The molecule has 0 saturated heterocycles. The second kappa shape index (κ2) is 9.26. The van der Waals surface area contributed by atoms with Crippen LogP contribution in [0.25, 0.3) is 70.8 Å². The van der Waals surface area contributed by atoms with Crippen molar-refractivity contribution in [2.45, 2.75) is 0 Å². The highest BCUT2D eigenvalue weighted by Crippen LogP contribution is 2.39. The van der Waals surface area contributed by atoms with Gasteiger partial charge in [0.1, 0.15) is 5.01 Å². The van der Waals surface area contributed by atoms with Crippen molar-refractivity contribution in [3.63, 3.8) is 0 Å². The Morgan fingerprint density at radius 2 is 1.32 bits per heavy atom. The molecule has 0 radical (unpaired) electrons. The van der Waals surface area contributed by atoms with Crippen LogP contribution in [0.2, 0.25) is 0 Å². The van der Waals surface area contributed by atoms with Gasteiger partial charge in [-0.15, -0.1) is 11.3 Å². The van der Waals surface area contributed by atoms with Crippen molar-refractivity contribution in [3.05, 3.63) is 134 Å². The molecule has 0 N–H and O–H groups in total. The molecule has 0 atom stereocenters. The molecule has 5 heteroatoms. The zero-order chi connectivity index (χ0) is 26.5. The van der Waals surface area contributed by atoms with Crippen molar-refractivity contribution in [2.24, 2.45) is 0 Å². The van der Waals surface area contributed by atoms with Crippen LogP contribution < -0.4 is 0 Å². The molecule has 8 rings (SSSR count). The van der Waals surface area contributed by atoms with Crippen LogP contribution in [0, 0.1) is 0 Å². The molecule has 0 spiro atoms. The van der Waals surface area contributed by atoms with E-state index in [-0.39, 0.29) is 0 Å². The number of aromatic nitrogens is 4. The van der Waals surface area contributed by atoms with Gasteiger partial charge in [-0.25, -0.2) is 4.98 Å². The summed E-state index contributed by atoms with van der Waals surface area (Å²) >= 11 is 1.72. The summed E-state index contributed by atoms with van der Waals surface area (Å²) in [6, 6.07) is 42.3. The van der Waals surface area contributed by atoms with E-state index in [0.29, 0.717) is 0 Å². The highest BCUT2D eigenvalue weighted by molar-refractivity contribution is 7.22. The lowest BCUT2D eigenvalue weighted by Gasteiger charge is -2.10. The van der Waals surface area contributed by atoms with Crippen molar-refractivity contribution in [1.29, 1.82) is 0 Å². The van der Waals surface area contributed by atoms with Crippen molar-refractivity contribution >= 4 is 43.4 Å². The first-order chi connectivity index (χ1) is 19.8. The van der Waals surface area contributed by atoms with Gasteiger partial charge in [0.05, 0.1) is 32.6 Å². The molecule has 4 aromatic carbocycles. The van der Waals surface area contributed by atoms with Crippen LogP contribution in [-0.4, -0.2) is 19.5 Å². The predicted octanol–water partition coefficient (Wildman–Crippen LogP) is 9.18. The standard InChI is InChI=1S/C35H22N4S/c1-2-16-32-26(11-1)27-18-17-24(35-38-31-15-8-12-28(34(31)40-35)30-14-4-6-20-37-30)22-33(27)39(32)25-10-7-9-23(21-25)29-13-3-5-19-36-29/h1-22H. The second-order valence-corrected chi connectivity index (χ2v) is 10.7. The molecule has 0 fully saturated rings. The van der Waals surface area contributed by atoms with Gasteiger partial charge >= 0.3 is 0 Å². The minimum absolute atomic E-state index is 0.962. The Bertz CT molecular complexity index is 2160. The van der Waals surface area contributed by atoms with E-state index in [1.807, 2.05) is 36.7 Å². The second-order valence-electron chi connectivity index (χ2n) is 9.74. The quantitative estimate of drug-likeness (QED) is 0.228. The van der Waals surface area contributed by atoms with E-state index >= 15 is 0 Å². The SMILES string of the molecule is c1ccc(-c2cccc(-n3c4ccccc4c4ccc(-c5nc6cccc(-c7ccccn7)c6s5)cc43)c2)nc1. The van der Waals surface area contributed by atoms with E-state index in [1.54, 1.807) is 11.3 Å². The van der Waals surface area contributed by atoms with E-state index < -0.39 is 0 Å². The first-order valence-corrected chi connectivity index (χ1v) is 14.0. The average molecular weight is 531 g/mol. The molecule has 40 heavy (non-hydrogen) atoms. The normalized spacial score (nSPS) is 11.5. The van der Waals surface area contributed by atoms with Gasteiger partial charge < -0.3 is 4.57 Å². The van der Waals surface area contributed by atoms with Gasteiger partial charge in [0, 0.05) is 45.5 Å². The molecular weight excluding hydrogens is 508 g/mol. The van der Waals surface area contributed by atoms with Gasteiger partial charge in [-0.3, -0.25) is 9.97 Å². The van der Waals surface area contributed by atoms with Crippen LogP contribution >= 0.6 is 11.3 Å². The number of fused-ring (bicyclic) bond motifs is 4. The molecule has 8 aromatic rings. The van der Waals surface area contributed by atoms with Crippen molar-refractivity contribution < 1.29 is 0 Å². The molecule has 0 aliphatic rings. The summed E-state index contributed by atoms with van der Waals surface area (Å²) in [5.41, 5.74) is 9.66. The fourth-order valence-corrected chi connectivity index (χ4v) is 6.60. The summed E-state index contributed by atoms with van der Waals surface area (Å²) in [4.78, 5) is 14.2. The monoisotopic (exact) mass is 530 g/mol. The van der Waals surface area contributed by atoms with Gasteiger partial charge in [0.2, 0.25) is 0 Å². The summed E-state index contributed by atoms with van der Waals surface area (Å²) in [7, 11) is 0. The fourth-order valence-electron chi connectivity index (χ4n) is 5.52. The maximum absolute atomic E-state index is 5.06. The lowest BCUT2D eigenvalue weighted by Crippen LogP contribution is -1.95. The maximum Gasteiger partial charge on any atom is 0.124 e. The van der Waals surface area contributed by atoms with E-state index in [1.165, 1.54) is 16.3 Å². The van der Waals surface area contributed by atoms with E-state index in [9.17, 15) is 0 Å². The first kappa shape index (κ1) is 22.8. The molecule has 0 aliphatic carbocycles. The summed E-state index contributed by atoms with van der Waals surface area (Å²) < 4.78 is 3.51. The topological polar surface area (TPSA) is 43.6 Å². The highest BCUT2D eigenvalue weighted by Gasteiger charge is 2.16. The van der Waals surface area contributed by atoms with Crippen molar-refractivity contribution in [3.8, 4) is 38.8 Å². The molecule has 188 valence electrons. The number of nitrogens with zero attached hydrogens (tertiary/aromatic N) is 4. The Labute approximate surface area is 234 Å². The third kappa shape index (κ3) is 3.71. The summed E-state index contributed by atoms with van der Waals surface area (Å²) in [5, 5.41) is 3.45. The van der Waals surface area contributed by atoms with E-state index in [4.69, 9.17) is 4.98 Å². The third-order valence-corrected chi connectivity index (χ3v) is 8.50. The van der Waals surface area contributed by atoms with Crippen LogP contribution in [-0.2, 0) is 0 Å². The smallest absolute Gasteiger partial charge is 0.124 e. The predicted molar refractivity (Wildman–Crippen MR) is 166 cm³/mol. The molecular formula is C35H22N4S. The van der Waals surface area contributed by atoms with Gasteiger partial charge in [-0.2, -0.15) is 0 Å². The number of para-hydroxylation sites is 1. The number of thiazole rings is 1. The molecule has 4 aromatic heterocycles. The molecule has 4 heterocycles. The maximum atomic E-state index is 5.06. The van der Waals surface area contributed by atoms with Crippen LogP contribution in [0.3, 0.4) is 0 Å². The molecule has 0 aliphatic heterocycles. The largest absolute Gasteiger partial charge is 0.309 e. The molecule has 0 saturated carbocycles. The first-order valence-electron chi connectivity index (χ1n) is 13.2. The van der Waals surface area contributed by atoms with Crippen LogP contribution in [0.1, 0.15) is 0 Å². The van der Waals surface area contributed by atoms with Crippen molar-refractivity contribution in [2.75, 3.05) is 0 Å². The van der Waals surface area contributed by atoms with Gasteiger partial charge in [-0.05, 0) is 54.6 Å². The summed E-state index contributed by atoms with van der Waals surface area (Å²) in [6.45, 7) is 0. The van der Waals surface area contributed by atoms with Gasteiger partial charge in [-0.1, -0.05) is 66.7 Å². The summed E-state index contributed by atoms with van der Waals surface area (Å²) in [5.74, 6) is 0. The zero-order valence-electron chi connectivity index (χ0n) is 21.4. The van der Waals surface area contributed by atoms with Gasteiger partial charge in [0.25, 0.3) is 0 Å². The fraction of sp³-hybridized carbons (Fsp3) is 0. The number of hydrogen-bond donors (Lipinski definition) is 0. The van der Waals surface area contributed by atoms with Crippen molar-refractivity contribution in [1.82, 2.24) is 19.5 Å². The summed E-state index contributed by atoms with van der Waals surface area (Å²) in [6.07, 6.45) is 3.68. The minimum atomic E-state index is 0.962. The zero-order valence-corrected chi connectivity index (χ0v) is 22.2. The van der Waals surface area contributed by atoms with Crippen LogP contribution in [0.5, 0.6) is 0 Å². The Hall–Kier alpha value is -5.13. The molecule has 0 unspecified atom stereocenters. The third-order valence-electron chi connectivity index (χ3n) is 7.34. The average Bonchev–Trinajstić information content (AvgIpc) is 3.61. The van der Waals surface area contributed by atoms with Gasteiger partial charge in [0.15, 0.2) is 0 Å². The number of hydrogen-bond acceptors (Lipinski definition) is 4. The van der Waals surface area contributed by atoms with E-state index in [2.05, 4.69) is 112 Å². The molecule has 4 nitrogen and oxygen atoms in total. The lowest BCUT2D eigenvalue weighted by molar-refractivity contribution is 1.18. The Morgan fingerprint density at radius 3 is 2.17 bits per heavy atom. The van der Waals surface area contributed by atoms with E-state index in [0.717, 1.165) is 54.5 Å². The number of rotatable bonds is 4. The molecule has 0 bridgehead atoms. The minimum Gasteiger partial charge on any atom is -0.309 e. The Kier molecular flexibility index (Phi) is 5.28. The van der Waals surface area contributed by atoms with Crippen LogP contribution in [0.4, 0.5) is 0 Å². The lowest BCUT2D eigenvalue weighted by atomic mass is 10.1. The molecule has 0 amide bonds.